The molecule has 5 nitrogen and oxygen atoms in total. The summed E-state index contributed by atoms with van der Waals surface area (Å²) in [5.74, 6) is 0.0854. The zero-order chi connectivity index (χ0) is 11.4. The van der Waals surface area contributed by atoms with Crippen molar-refractivity contribution in [2.75, 3.05) is 6.61 Å². The van der Waals surface area contributed by atoms with Gasteiger partial charge in [-0.3, -0.25) is 14.3 Å². The zero-order valence-corrected chi connectivity index (χ0v) is 9.24. The van der Waals surface area contributed by atoms with E-state index in [9.17, 15) is 9.59 Å². The Morgan fingerprint density at radius 3 is 2.67 bits per heavy atom. The number of hydrogen-bond donors (Lipinski definition) is 1. The summed E-state index contributed by atoms with van der Waals surface area (Å²) in [6.07, 6.45) is 1.56. The first kappa shape index (κ1) is 11.7. The van der Waals surface area contributed by atoms with E-state index < -0.39 is 5.69 Å². The molecule has 1 N–H and O–H groups in total. The summed E-state index contributed by atoms with van der Waals surface area (Å²) in [7, 11) is 0. The molecule has 0 saturated heterocycles. The fourth-order valence-corrected chi connectivity index (χ4v) is 1.22. The molecule has 0 spiro atoms. The minimum absolute atomic E-state index is 0.0854. The van der Waals surface area contributed by atoms with Gasteiger partial charge in [0, 0.05) is 18.4 Å². The summed E-state index contributed by atoms with van der Waals surface area (Å²) >= 11 is 0. The molecule has 0 aliphatic heterocycles. The van der Waals surface area contributed by atoms with Gasteiger partial charge in [0.05, 0.1) is 0 Å². The first-order valence-electron chi connectivity index (χ1n) is 4.97. The van der Waals surface area contributed by atoms with E-state index in [0.717, 1.165) is 0 Å². The molecular weight excluding hydrogens is 196 g/mol. The van der Waals surface area contributed by atoms with Crippen LogP contribution >= 0.6 is 0 Å². The quantitative estimate of drug-likeness (QED) is 0.797. The average Bonchev–Trinajstić information content (AvgIpc) is 2.16. The van der Waals surface area contributed by atoms with Gasteiger partial charge in [-0.2, -0.15) is 0 Å². The van der Waals surface area contributed by atoms with Crippen molar-refractivity contribution in [2.45, 2.75) is 33.4 Å². The van der Waals surface area contributed by atoms with E-state index in [-0.39, 0.29) is 18.2 Å². The fraction of sp³-hybridized carbons (Fsp3) is 0.600. The van der Waals surface area contributed by atoms with E-state index >= 15 is 0 Å². The van der Waals surface area contributed by atoms with Crippen LogP contribution in [-0.2, 0) is 11.5 Å². The van der Waals surface area contributed by atoms with Crippen LogP contribution in [0.3, 0.4) is 0 Å². The van der Waals surface area contributed by atoms with Gasteiger partial charge in [-0.25, -0.2) is 4.79 Å². The van der Waals surface area contributed by atoms with Crippen molar-refractivity contribution >= 4 is 0 Å². The van der Waals surface area contributed by atoms with Crippen molar-refractivity contribution in [1.29, 1.82) is 0 Å². The van der Waals surface area contributed by atoms with Crippen LogP contribution in [0.4, 0.5) is 0 Å². The van der Waals surface area contributed by atoms with Crippen LogP contribution in [0, 0.1) is 0 Å². The van der Waals surface area contributed by atoms with Gasteiger partial charge in [-0.05, 0) is 12.8 Å². The standard InChI is InChI=1S/C10H16N2O3/c1-4-15-6-12-5-8(7(2)3)9(13)11-10(12)14/h5,7H,4,6H2,1-3H3,(H,11,13,14). The SMILES string of the molecule is CCOCn1cc(C(C)C)c(=O)[nH]c1=O. The third-order valence-electron chi connectivity index (χ3n) is 2.09. The smallest absolute Gasteiger partial charge is 0.330 e. The second-order valence-electron chi connectivity index (χ2n) is 3.59. The van der Waals surface area contributed by atoms with Crippen LogP contribution in [0.5, 0.6) is 0 Å². The molecule has 0 bridgehead atoms. The molecular formula is C10H16N2O3. The first-order chi connectivity index (χ1) is 7.06. The van der Waals surface area contributed by atoms with E-state index in [1.807, 2.05) is 20.8 Å². The molecule has 84 valence electrons. The van der Waals surface area contributed by atoms with Gasteiger partial charge in [-0.1, -0.05) is 13.8 Å². The zero-order valence-electron chi connectivity index (χ0n) is 9.24. The predicted octanol–water partition coefficient (Wildman–Crippen LogP) is 0.654. The third-order valence-corrected chi connectivity index (χ3v) is 2.09. The normalized spacial score (nSPS) is 10.9. The van der Waals surface area contributed by atoms with Crippen LogP contribution in [-0.4, -0.2) is 16.2 Å². The molecule has 0 radical (unpaired) electrons. The van der Waals surface area contributed by atoms with Crippen molar-refractivity contribution in [3.05, 3.63) is 32.6 Å². The van der Waals surface area contributed by atoms with Gasteiger partial charge < -0.3 is 4.74 Å². The molecule has 0 saturated carbocycles. The Balaban J connectivity index is 3.12. The lowest BCUT2D eigenvalue weighted by molar-refractivity contribution is 0.0840. The van der Waals surface area contributed by atoms with Crippen LogP contribution in [0.1, 0.15) is 32.3 Å². The molecule has 0 aromatic carbocycles. The van der Waals surface area contributed by atoms with Gasteiger partial charge >= 0.3 is 5.69 Å². The van der Waals surface area contributed by atoms with Gasteiger partial charge in [0.2, 0.25) is 0 Å². The van der Waals surface area contributed by atoms with Crippen LogP contribution < -0.4 is 11.2 Å². The summed E-state index contributed by atoms with van der Waals surface area (Å²) in [5.41, 5.74) is -0.157. The molecule has 0 fully saturated rings. The third kappa shape index (κ3) is 2.79. The Hall–Kier alpha value is -1.36. The maximum absolute atomic E-state index is 11.4. The number of aromatic nitrogens is 2. The van der Waals surface area contributed by atoms with Crippen molar-refractivity contribution in [3.63, 3.8) is 0 Å². The Labute approximate surface area is 87.7 Å². The molecule has 0 atom stereocenters. The summed E-state index contributed by atoms with van der Waals surface area (Å²) in [4.78, 5) is 25.0. The number of H-pyrrole nitrogens is 1. The minimum Gasteiger partial charge on any atom is -0.361 e. The van der Waals surface area contributed by atoms with Gasteiger partial charge in [0.25, 0.3) is 5.56 Å². The van der Waals surface area contributed by atoms with Gasteiger partial charge in [-0.15, -0.1) is 0 Å². The lowest BCUT2D eigenvalue weighted by Crippen LogP contribution is -2.32. The molecule has 1 heterocycles. The van der Waals surface area contributed by atoms with Crippen LogP contribution in [0.25, 0.3) is 0 Å². The number of ether oxygens (including phenoxy) is 1. The largest absolute Gasteiger partial charge is 0.361 e. The van der Waals surface area contributed by atoms with Crippen LogP contribution in [0.2, 0.25) is 0 Å². The number of nitrogens with zero attached hydrogens (tertiary/aromatic N) is 1. The summed E-state index contributed by atoms with van der Waals surface area (Å²) in [6.45, 7) is 6.36. The van der Waals surface area contributed by atoms with Crippen molar-refractivity contribution in [1.82, 2.24) is 9.55 Å². The number of hydrogen-bond acceptors (Lipinski definition) is 3. The van der Waals surface area contributed by atoms with Crippen molar-refractivity contribution in [3.8, 4) is 0 Å². The molecule has 1 rings (SSSR count). The van der Waals surface area contributed by atoms with E-state index in [0.29, 0.717) is 12.2 Å². The monoisotopic (exact) mass is 212 g/mol. The summed E-state index contributed by atoms with van der Waals surface area (Å²) in [5, 5.41) is 0. The Morgan fingerprint density at radius 1 is 1.47 bits per heavy atom. The highest BCUT2D eigenvalue weighted by molar-refractivity contribution is 5.08. The first-order valence-corrected chi connectivity index (χ1v) is 4.97. The second kappa shape index (κ2) is 4.93. The van der Waals surface area contributed by atoms with Crippen molar-refractivity contribution < 1.29 is 4.74 Å². The summed E-state index contributed by atoms with van der Waals surface area (Å²) in [6, 6.07) is 0. The van der Waals surface area contributed by atoms with Crippen molar-refractivity contribution in [2.24, 2.45) is 0 Å². The molecule has 0 unspecified atom stereocenters. The number of rotatable bonds is 4. The molecule has 15 heavy (non-hydrogen) atoms. The van der Waals surface area contributed by atoms with E-state index in [1.165, 1.54) is 4.57 Å². The number of nitrogens with one attached hydrogen (secondary N) is 1. The predicted molar refractivity (Wildman–Crippen MR) is 57.0 cm³/mol. The Kier molecular flexibility index (Phi) is 3.85. The molecule has 5 heteroatoms. The molecule has 1 aromatic rings. The van der Waals surface area contributed by atoms with Crippen LogP contribution in [0.15, 0.2) is 15.8 Å². The minimum atomic E-state index is -0.433. The fourth-order valence-electron chi connectivity index (χ4n) is 1.22. The lowest BCUT2D eigenvalue weighted by Gasteiger charge is -2.08. The molecule has 0 aliphatic rings. The second-order valence-corrected chi connectivity index (χ2v) is 3.59. The van der Waals surface area contributed by atoms with E-state index in [1.54, 1.807) is 6.20 Å². The maximum Gasteiger partial charge on any atom is 0.330 e. The maximum atomic E-state index is 11.4. The molecule has 0 aliphatic carbocycles. The number of aromatic amines is 1. The Morgan fingerprint density at radius 2 is 2.13 bits per heavy atom. The van der Waals surface area contributed by atoms with Gasteiger partial charge in [0.15, 0.2) is 0 Å². The highest BCUT2D eigenvalue weighted by Crippen LogP contribution is 2.06. The highest BCUT2D eigenvalue weighted by Gasteiger charge is 2.07. The van der Waals surface area contributed by atoms with E-state index in [2.05, 4.69) is 4.98 Å². The topological polar surface area (TPSA) is 64.1 Å². The Bertz CT molecular complexity index is 431. The van der Waals surface area contributed by atoms with E-state index in [4.69, 9.17) is 4.74 Å². The van der Waals surface area contributed by atoms with Gasteiger partial charge in [0.1, 0.15) is 6.73 Å². The summed E-state index contributed by atoms with van der Waals surface area (Å²) < 4.78 is 6.48. The lowest BCUT2D eigenvalue weighted by atomic mass is 10.1. The highest BCUT2D eigenvalue weighted by atomic mass is 16.5. The molecule has 1 aromatic heterocycles. The molecule has 0 amide bonds. The average molecular weight is 212 g/mol.